The number of carbonyl (C=O) groups excluding carboxylic acids is 1. The molecule has 232 valence electrons. The third-order valence-corrected chi connectivity index (χ3v) is 11.1. The first kappa shape index (κ1) is 30.7. The number of fused-ring (bicyclic) bond motifs is 1. The smallest absolute Gasteiger partial charge is 0.245 e. The van der Waals surface area contributed by atoms with E-state index >= 15 is 0 Å². The zero-order valence-corrected chi connectivity index (χ0v) is 26.5. The van der Waals surface area contributed by atoms with Crippen LogP contribution >= 0.6 is 23.2 Å². The Morgan fingerprint density at radius 2 is 1.98 bits per heavy atom. The van der Waals surface area contributed by atoms with Gasteiger partial charge in [-0.25, -0.2) is 23.1 Å². The molecule has 4 aromatic rings. The molecular weight excluding hydrogens is 625 g/mol. The van der Waals surface area contributed by atoms with Gasteiger partial charge in [0.1, 0.15) is 41.5 Å². The Labute approximate surface area is 266 Å². The molecule has 2 fully saturated rings. The topological polar surface area (TPSA) is 131 Å². The molecule has 44 heavy (non-hydrogen) atoms. The molecule has 2 aliphatic rings. The highest BCUT2D eigenvalue weighted by Gasteiger charge is 2.40. The maximum absolute atomic E-state index is 13.9. The fourth-order valence-electron chi connectivity index (χ4n) is 5.89. The van der Waals surface area contributed by atoms with Crippen molar-refractivity contribution in [2.45, 2.75) is 50.2 Å². The summed E-state index contributed by atoms with van der Waals surface area (Å²) >= 11 is 13.3. The van der Waals surface area contributed by atoms with E-state index < -0.39 is 16.1 Å². The van der Waals surface area contributed by atoms with E-state index in [2.05, 4.69) is 25.7 Å². The van der Waals surface area contributed by atoms with Gasteiger partial charge in [-0.3, -0.25) is 4.79 Å². The Hall–Kier alpha value is -3.29. The molecule has 6 rings (SSSR count). The Balaban J connectivity index is 1.24. The summed E-state index contributed by atoms with van der Waals surface area (Å²) in [5.41, 5.74) is 2.47. The number of nitrogens with zero attached hydrogens (tertiary/aromatic N) is 5. The Morgan fingerprint density at radius 3 is 2.75 bits per heavy atom. The number of hydrogen-bond acceptors (Lipinski definition) is 8. The number of para-hydroxylation sites is 1. The summed E-state index contributed by atoms with van der Waals surface area (Å²) in [4.78, 5) is 21.8. The van der Waals surface area contributed by atoms with E-state index in [-0.39, 0.29) is 34.0 Å². The number of pyridine rings is 1. The van der Waals surface area contributed by atoms with Gasteiger partial charge in [-0.1, -0.05) is 35.3 Å². The van der Waals surface area contributed by atoms with Crippen molar-refractivity contribution < 1.29 is 17.9 Å². The number of halogens is 2. The zero-order valence-electron chi connectivity index (χ0n) is 24.2. The quantitative estimate of drug-likeness (QED) is 0.273. The minimum absolute atomic E-state index is 0.0362. The number of amides is 1. The number of hydrogen-bond donors (Lipinski definition) is 2. The van der Waals surface area contributed by atoms with Crippen molar-refractivity contribution >= 4 is 50.0 Å². The van der Waals surface area contributed by atoms with Gasteiger partial charge >= 0.3 is 0 Å². The molecule has 0 unspecified atom stereocenters. The van der Waals surface area contributed by atoms with Crippen LogP contribution in [0, 0.1) is 12.8 Å². The number of piperidine rings is 1. The van der Waals surface area contributed by atoms with Crippen molar-refractivity contribution in [2.75, 3.05) is 26.2 Å². The highest BCUT2D eigenvalue weighted by molar-refractivity contribution is 7.89. The predicted octanol–water partition coefficient (Wildman–Crippen LogP) is 4.28. The first-order valence-corrected chi connectivity index (χ1v) is 16.8. The molecule has 1 amide bonds. The van der Waals surface area contributed by atoms with Gasteiger partial charge in [0.2, 0.25) is 15.9 Å². The number of carbonyl (C=O) groups is 1. The monoisotopic (exact) mass is 657 g/mol. The summed E-state index contributed by atoms with van der Waals surface area (Å²) in [6.45, 7) is 4.38. The molecule has 0 spiro atoms. The average molecular weight is 659 g/mol. The molecule has 4 heterocycles. The molecule has 0 bridgehead atoms. The number of sulfonamides is 1. The molecule has 0 saturated carbocycles. The van der Waals surface area contributed by atoms with Gasteiger partial charge in [-0.2, -0.15) is 9.40 Å². The SMILES string of the molecule is Cc1cc(-n2cncn2)c2cccc(OCc3c(Cl)ccc(S(=O)(=O)N4CCC[C@H]4C(=O)NCC4CCNCC4)c3Cl)c2n1. The molecule has 2 aromatic heterocycles. The van der Waals surface area contributed by atoms with Crippen LogP contribution in [0.1, 0.15) is 36.9 Å². The minimum atomic E-state index is -4.11. The summed E-state index contributed by atoms with van der Waals surface area (Å²) in [6.07, 6.45) is 6.05. The first-order chi connectivity index (χ1) is 21.2. The molecular formula is C30H33Cl2N7O4S. The van der Waals surface area contributed by atoms with Crippen molar-refractivity contribution in [3.63, 3.8) is 0 Å². The third-order valence-electron chi connectivity index (χ3n) is 8.21. The fraction of sp³-hybridized carbons (Fsp3) is 0.400. The van der Waals surface area contributed by atoms with Crippen LogP contribution in [-0.2, 0) is 21.4 Å². The van der Waals surface area contributed by atoms with Crippen LogP contribution in [0.3, 0.4) is 0 Å². The summed E-state index contributed by atoms with van der Waals surface area (Å²) in [7, 11) is -4.11. The Bertz CT molecular complexity index is 1780. The number of nitrogens with one attached hydrogen (secondary N) is 2. The summed E-state index contributed by atoms with van der Waals surface area (Å²) in [6, 6.07) is 9.52. The Morgan fingerprint density at radius 1 is 1.16 bits per heavy atom. The average Bonchev–Trinajstić information content (AvgIpc) is 3.74. The van der Waals surface area contributed by atoms with E-state index in [9.17, 15) is 13.2 Å². The van der Waals surface area contributed by atoms with Gasteiger partial charge in [0.05, 0.1) is 10.7 Å². The van der Waals surface area contributed by atoms with E-state index in [4.69, 9.17) is 27.9 Å². The van der Waals surface area contributed by atoms with Gasteiger partial charge in [-0.05, 0) is 75.9 Å². The highest BCUT2D eigenvalue weighted by atomic mass is 35.5. The van der Waals surface area contributed by atoms with E-state index in [1.165, 1.54) is 22.8 Å². The maximum atomic E-state index is 13.9. The zero-order chi connectivity index (χ0) is 30.8. The van der Waals surface area contributed by atoms with Crippen molar-refractivity contribution in [2.24, 2.45) is 5.92 Å². The van der Waals surface area contributed by atoms with Gasteiger partial charge < -0.3 is 15.4 Å². The van der Waals surface area contributed by atoms with Crippen LogP contribution in [0.5, 0.6) is 5.75 Å². The predicted molar refractivity (Wildman–Crippen MR) is 168 cm³/mol. The van der Waals surface area contributed by atoms with E-state index in [0.29, 0.717) is 42.1 Å². The largest absolute Gasteiger partial charge is 0.487 e. The molecule has 2 saturated heterocycles. The molecule has 1 atom stereocenters. The second-order valence-electron chi connectivity index (χ2n) is 11.1. The molecule has 2 N–H and O–H groups in total. The van der Waals surface area contributed by atoms with Crippen LogP contribution in [0.25, 0.3) is 16.6 Å². The Kier molecular flexibility index (Phi) is 9.06. The van der Waals surface area contributed by atoms with Crippen LogP contribution in [-0.4, -0.2) is 70.6 Å². The lowest BCUT2D eigenvalue weighted by Crippen LogP contribution is -2.47. The molecule has 14 heteroatoms. The van der Waals surface area contributed by atoms with Crippen LogP contribution in [0.15, 0.2) is 53.9 Å². The molecule has 0 aliphatic carbocycles. The van der Waals surface area contributed by atoms with Crippen molar-refractivity contribution in [3.05, 3.63) is 70.4 Å². The number of benzene rings is 2. The summed E-state index contributed by atoms with van der Waals surface area (Å²) in [5.74, 6) is 0.579. The fourth-order valence-corrected chi connectivity index (χ4v) is 8.41. The van der Waals surface area contributed by atoms with Crippen LogP contribution < -0.4 is 15.4 Å². The van der Waals surface area contributed by atoms with E-state index in [0.717, 1.165) is 42.7 Å². The van der Waals surface area contributed by atoms with Gasteiger partial charge in [0.15, 0.2) is 0 Å². The second-order valence-corrected chi connectivity index (χ2v) is 13.8. The minimum Gasteiger partial charge on any atom is -0.487 e. The normalized spacial score (nSPS) is 18.1. The van der Waals surface area contributed by atoms with Crippen LogP contribution in [0.2, 0.25) is 10.0 Å². The van der Waals surface area contributed by atoms with Crippen molar-refractivity contribution in [1.82, 2.24) is 34.7 Å². The van der Waals surface area contributed by atoms with Gasteiger partial charge in [0, 0.05) is 34.8 Å². The lowest BCUT2D eigenvalue weighted by molar-refractivity contribution is -0.124. The summed E-state index contributed by atoms with van der Waals surface area (Å²) in [5, 5.41) is 11.6. The molecule has 2 aromatic carbocycles. The lowest BCUT2D eigenvalue weighted by atomic mass is 9.98. The molecule has 0 radical (unpaired) electrons. The van der Waals surface area contributed by atoms with E-state index in [1.807, 2.05) is 25.1 Å². The summed E-state index contributed by atoms with van der Waals surface area (Å²) < 4.78 is 36.9. The van der Waals surface area contributed by atoms with E-state index in [1.54, 1.807) is 17.1 Å². The number of aromatic nitrogens is 4. The van der Waals surface area contributed by atoms with Gasteiger partial charge in [-0.15, -0.1) is 0 Å². The van der Waals surface area contributed by atoms with Crippen LogP contribution in [0.4, 0.5) is 0 Å². The van der Waals surface area contributed by atoms with Crippen molar-refractivity contribution in [3.8, 4) is 11.4 Å². The van der Waals surface area contributed by atoms with Crippen molar-refractivity contribution in [1.29, 1.82) is 0 Å². The first-order valence-electron chi connectivity index (χ1n) is 14.6. The number of ether oxygens (including phenoxy) is 1. The third kappa shape index (κ3) is 6.14. The maximum Gasteiger partial charge on any atom is 0.245 e. The molecule has 11 nitrogen and oxygen atoms in total. The second kappa shape index (κ2) is 13.0. The lowest BCUT2D eigenvalue weighted by Gasteiger charge is -2.26. The standard InChI is InChI=1S/C30H33Cl2N7O4S/c1-19-14-25(38-18-34-17-36-38)21-4-2-6-26(29(21)37-19)43-16-22-23(31)7-8-27(28(22)32)44(41,42)39-13-3-5-24(39)30(40)35-15-20-9-11-33-12-10-20/h2,4,6-8,14,17-18,20,24,33H,3,5,9-13,15-16H2,1H3,(H,35,40)/t24-/m0/s1. The number of aryl methyl sites for hydroxylation is 1. The molecule has 2 aliphatic heterocycles. The highest BCUT2D eigenvalue weighted by Crippen LogP contribution is 2.37. The van der Waals surface area contributed by atoms with Gasteiger partial charge in [0.25, 0.3) is 0 Å². The number of rotatable bonds is 9.